The molecular weight excluding hydrogens is 261 g/mol. The zero-order valence-corrected chi connectivity index (χ0v) is 13.2. The van der Waals surface area contributed by atoms with Crippen LogP contribution in [0.3, 0.4) is 0 Å². The molecular formula is C19H26FN. The van der Waals surface area contributed by atoms with Crippen molar-refractivity contribution in [2.24, 2.45) is 28.4 Å². The van der Waals surface area contributed by atoms with Gasteiger partial charge in [-0.05, 0) is 85.3 Å². The molecule has 0 amide bonds. The summed E-state index contributed by atoms with van der Waals surface area (Å²) in [5, 5.41) is 0. The van der Waals surface area contributed by atoms with Gasteiger partial charge in [0, 0.05) is 6.04 Å². The normalized spacial score (nSPS) is 42.3. The lowest BCUT2D eigenvalue weighted by Crippen LogP contribution is -2.54. The molecule has 0 aromatic heterocycles. The Balaban J connectivity index is 1.70. The van der Waals surface area contributed by atoms with Crippen LogP contribution in [0.4, 0.5) is 4.39 Å². The molecule has 2 N–H and O–H groups in total. The number of nitrogens with two attached hydrogens (primary N) is 1. The van der Waals surface area contributed by atoms with Crippen LogP contribution in [-0.2, 0) is 0 Å². The second-order valence-corrected chi connectivity index (χ2v) is 8.62. The second-order valence-electron chi connectivity index (χ2n) is 8.62. The van der Waals surface area contributed by atoms with Crippen LogP contribution < -0.4 is 5.73 Å². The van der Waals surface area contributed by atoms with E-state index < -0.39 is 0 Å². The highest BCUT2D eigenvalue weighted by Crippen LogP contribution is 2.67. The summed E-state index contributed by atoms with van der Waals surface area (Å²) in [6.07, 6.45) is 7.95. The molecule has 3 atom stereocenters. The van der Waals surface area contributed by atoms with Gasteiger partial charge in [0.25, 0.3) is 0 Å². The summed E-state index contributed by atoms with van der Waals surface area (Å²) in [6.45, 7) is 4.28. The Hall–Kier alpha value is -0.890. The molecule has 4 saturated carbocycles. The van der Waals surface area contributed by atoms with Crippen LogP contribution in [0, 0.1) is 35.4 Å². The Labute approximate surface area is 127 Å². The molecule has 4 bridgehead atoms. The maximum atomic E-state index is 13.9. The predicted octanol–water partition coefficient (Wildman–Crippen LogP) is 4.74. The smallest absolute Gasteiger partial charge is 0.126 e. The predicted molar refractivity (Wildman–Crippen MR) is 83.3 cm³/mol. The van der Waals surface area contributed by atoms with E-state index in [1.165, 1.54) is 38.5 Å². The lowest BCUT2D eigenvalue weighted by molar-refractivity contribution is -0.113. The van der Waals surface area contributed by atoms with Crippen molar-refractivity contribution in [1.82, 2.24) is 0 Å². The van der Waals surface area contributed by atoms with E-state index in [9.17, 15) is 4.39 Å². The Bertz CT molecular complexity index is 565. The Morgan fingerprint density at radius 3 is 2.43 bits per heavy atom. The third-order valence-corrected chi connectivity index (χ3v) is 6.61. The number of halogens is 1. The van der Waals surface area contributed by atoms with Crippen molar-refractivity contribution in [2.75, 3.05) is 0 Å². The van der Waals surface area contributed by atoms with Gasteiger partial charge in [-0.3, -0.25) is 0 Å². The molecule has 4 aliphatic rings. The maximum absolute atomic E-state index is 13.9. The van der Waals surface area contributed by atoms with E-state index in [1.54, 1.807) is 6.07 Å². The second kappa shape index (κ2) is 4.32. The SMILES string of the molecule is Cc1ccc(C(N)C23CC4CC(CC(C)(C4)C2)C3)cc1F. The topological polar surface area (TPSA) is 26.0 Å². The average molecular weight is 287 g/mol. The van der Waals surface area contributed by atoms with Gasteiger partial charge < -0.3 is 5.73 Å². The standard InChI is InChI=1S/C19H26FN/c1-12-3-4-15(6-16(12)20)17(21)19-9-13-5-14(10-19)8-18(2,7-13)11-19/h3-4,6,13-14,17H,5,7-11,21H2,1-2H3. The van der Waals surface area contributed by atoms with E-state index in [2.05, 4.69) is 6.92 Å². The third-order valence-electron chi connectivity index (χ3n) is 6.61. The molecule has 114 valence electrons. The van der Waals surface area contributed by atoms with E-state index in [0.29, 0.717) is 11.0 Å². The van der Waals surface area contributed by atoms with E-state index in [0.717, 1.165) is 17.4 Å². The van der Waals surface area contributed by atoms with Gasteiger partial charge in [0.1, 0.15) is 5.82 Å². The summed E-state index contributed by atoms with van der Waals surface area (Å²) >= 11 is 0. The lowest BCUT2D eigenvalue weighted by Gasteiger charge is -2.63. The highest BCUT2D eigenvalue weighted by atomic mass is 19.1. The molecule has 0 heterocycles. The summed E-state index contributed by atoms with van der Waals surface area (Å²) in [5.41, 5.74) is 9.13. The minimum atomic E-state index is -0.112. The monoisotopic (exact) mass is 287 g/mol. The molecule has 3 unspecified atom stereocenters. The first-order chi connectivity index (χ1) is 9.89. The number of benzene rings is 1. The molecule has 21 heavy (non-hydrogen) atoms. The molecule has 1 nitrogen and oxygen atoms in total. The van der Waals surface area contributed by atoms with Gasteiger partial charge in [0.05, 0.1) is 0 Å². The quantitative estimate of drug-likeness (QED) is 0.835. The van der Waals surface area contributed by atoms with Gasteiger partial charge in [0.2, 0.25) is 0 Å². The molecule has 0 spiro atoms. The van der Waals surface area contributed by atoms with Crippen molar-refractivity contribution in [3.63, 3.8) is 0 Å². The van der Waals surface area contributed by atoms with Crippen molar-refractivity contribution < 1.29 is 4.39 Å². The van der Waals surface area contributed by atoms with E-state index >= 15 is 0 Å². The van der Waals surface area contributed by atoms with Crippen molar-refractivity contribution >= 4 is 0 Å². The van der Waals surface area contributed by atoms with Crippen LogP contribution in [0.5, 0.6) is 0 Å². The molecule has 1 aromatic carbocycles. The highest BCUT2D eigenvalue weighted by Gasteiger charge is 2.57. The van der Waals surface area contributed by atoms with Crippen LogP contribution >= 0.6 is 0 Å². The minimum absolute atomic E-state index is 0.00201. The van der Waals surface area contributed by atoms with Gasteiger partial charge in [0.15, 0.2) is 0 Å². The van der Waals surface area contributed by atoms with Crippen molar-refractivity contribution in [1.29, 1.82) is 0 Å². The van der Waals surface area contributed by atoms with Crippen molar-refractivity contribution in [2.45, 2.75) is 58.4 Å². The number of hydrogen-bond donors (Lipinski definition) is 1. The Morgan fingerprint density at radius 2 is 1.86 bits per heavy atom. The largest absolute Gasteiger partial charge is 0.323 e. The first-order valence-electron chi connectivity index (χ1n) is 8.41. The molecule has 2 heteroatoms. The van der Waals surface area contributed by atoms with Gasteiger partial charge in [-0.25, -0.2) is 4.39 Å². The van der Waals surface area contributed by atoms with Gasteiger partial charge >= 0.3 is 0 Å². The zero-order valence-electron chi connectivity index (χ0n) is 13.2. The van der Waals surface area contributed by atoms with E-state index in [1.807, 2.05) is 19.1 Å². The van der Waals surface area contributed by atoms with E-state index in [-0.39, 0.29) is 17.3 Å². The fraction of sp³-hybridized carbons (Fsp3) is 0.684. The molecule has 0 radical (unpaired) electrons. The summed E-state index contributed by atoms with van der Waals surface area (Å²) < 4.78 is 13.9. The van der Waals surface area contributed by atoms with Gasteiger partial charge in [-0.2, -0.15) is 0 Å². The first-order valence-corrected chi connectivity index (χ1v) is 8.41. The maximum Gasteiger partial charge on any atom is 0.126 e. The van der Waals surface area contributed by atoms with Gasteiger partial charge in [-0.1, -0.05) is 19.1 Å². The van der Waals surface area contributed by atoms with Crippen molar-refractivity contribution in [3.05, 3.63) is 35.1 Å². The highest BCUT2D eigenvalue weighted by molar-refractivity contribution is 5.28. The summed E-state index contributed by atoms with van der Waals surface area (Å²) in [5.74, 6) is 1.61. The minimum Gasteiger partial charge on any atom is -0.323 e. The van der Waals surface area contributed by atoms with E-state index in [4.69, 9.17) is 5.73 Å². The van der Waals surface area contributed by atoms with Crippen LogP contribution in [-0.4, -0.2) is 0 Å². The summed E-state index contributed by atoms with van der Waals surface area (Å²) in [7, 11) is 0. The molecule has 4 fully saturated rings. The fourth-order valence-corrected chi connectivity index (χ4v) is 6.32. The third kappa shape index (κ3) is 2.06. The fourth-order valence-electron chi connectivity index (χ4n) is 6.32. The number of aryl methyl sites for hydroxylation is 1. The molecule has 0 saturated heterocycles. The van der Waals surface area contributed by atoms with Crippen LogP contribution in [0.2, 0.25) is 0 Å². The zero-order chi connectivity index (χ0) is 14.8. The van der Waals surface area contributed by atoms with Crippen LogP contribution in [0.15, 0.2) is 18.2 Å². The Kier molecular flexibility index (Phi) is 2.83. The molecule has 0 aliphatic heterocycles. The lowest BCUT2D eigenvalue weighted by atomic mass is 9.43. The van der Waals surface area contributed by atoms with Crippen molar-refractivity contribution in [3.8, 4) is 0 Å². The van der Waals surface area contributed by atoms with Crippen LogP contribution in [0.25, 0.3) is 0 Å². The average Bonchev–Trinajstić information content (AvgIpc) is 2.38. The number of hydrogen-bond acceptors (Lipinski definition) is 1. The van der Waals surface area contributed by atoms with Gasteiger partial charge in [-0.15, -0.1) is 0 Å². The number of rotatable bonds is 2. The summed E-state index contributed by atoms with van der Waals surface area (Å²) in [4.78, 5) is 0. The first kappa shape index (κ1) is 13.8. The van der Waals surface area contributed by atoms with Crippen LogP contribution in [0.1, 0.15) is 62.6 Å². The molecule has 4 aliphatic carbocycles. The summed E-state index contributed by atoms with van der Waals surface area (Å²) in [6, 6.07) is 5.61. The molecule has 5 rings (SSSR count). The molecule has 1 aromatic rings. The Morgan fingerprint density at radius 1 is 1.19 bits per heavy atom.